The topological polar surface area (TPSA) is 151 Å². The van der Waals surface area contributed by atoms with Crippen LogP contribution in [0.25, 0.3) is 21.5 Å². The van der Waals surface area contributed by atoms with E-state index in [4.69, 9.17) is 9.15 Å². The summed E-state index contributed by atoms with van der Waals surface area (Å²) in [6.07, 6.45) is -0.422. The number of hydrogen-bond acceptors (Lipinski definition) is 9. The number of aromatic hydroxyl groups is 2. The fraction of sp³-hybridized carbons (Fsp3) is 0.231. The van der Waals surface area contributed by atoms with Crippen LogP contribution in [0.4, 0.5) is 0 Å². The number of fused-ring (bicyclic) bond motifs is 4. The molecule has 4 aromatic rings. The summed E-state index contributed by atoms with van der Waals surface area (Å²) >= 11 is 0. The lowest BCUT2D eigenvalue weighted by molar-refractivity contribution is 0.00751. The molecule has 174 valence electrons. The summed E-state index contributed by atoms with van der Waals surface area (Å²) in [7, 11) is 0. The molecular formula is C26H16O9. The van der Waals surface area contributed by atoms with Crippen molar-refractivity contribution in [2.45, 2.75) is 31.3 Å². The van der Waals surface area contributed by atoms with Gasteiger partial charge in [0.25, 0.3) is 5.95 Å². The van der Waals surface area contributed by atoms with Gasteiger partial charge in [-0.05, 0) is 53.6 Å². The van der Waals surface area contributed by atoms with Gasteiger partial charge in [-0.1, -0.05) is 0 Å². The third-order valence-corrected chi connectivity index (χ3v) is 7.96. The first-order valence-electron chi connectivity index (χ1n) is 11.0. The van der Waals surface area contributed by atoms with E-state index in [0.29, 0.717) is 16.5 Å². The highest BCUT2D eigenvalue weighted by atomic mass is 16.5. The Kier molecular flexibility index (Phi) is 3.38. The van der Waals surface area contributed by atoms with Crippen molar-refractivity contribution in [1.82, 2.24) is 0 Å². The average molecular weight is 472 g/mol. The number of rotatable bonds is 0. The number of aliphatic hydroxyl groups excluding tert-OH is 1. The Labute approximate surface area is 195 Å². The molecule has 7 rings (SSSR count). The maximum absolute atomic E-state index is 14.0. The molecule has 1 aliphatic heterocycles. The second-order valence-corrected chi connectivity index (χ2v) is 9.56. The normalized spacial score (nSPS) is 24.1. The number of ketones is 1. The molecule has 9 heteroatoms. The summed E-state index contributed by atoms with van der Waals surface area (Å²) in [5, 5.41) is 33.0. The van der Waals surface area contributed by atoms with Gasteiger partial charge in [-0.15, -0.1) is 0 Å². The van der Waals surface area contributed by atoms with Gasteiger partial charge in [0.05, 0.1) is 22.8 Å². The third kappa shape index (κ3) is 1.94. The molecule has 2 heterocycles. The number of cyclic esters (lactones) is 1. The van der Waals surface area contributed by atoms with Crippen molar-refractivity contribution >= 4 is 33.3 Å². The van der Waals surface area contributed by atoms with E-state index in [1.54, 1.807) is 13.8 Å². The van der Waals surface area contributed by atoms with Crippen LogP contribution in [-0.2, 0) is 10.2 Å². The van der Waals surface area contributed by atoms with Crippen molar-refractivity contribution in [2.24, 2.45) is 0 Å². The number of Topliss-reactive ketones (excluding diaryl/α,β-unsaturated/α-hetero) is 1. The molecule has 3 N–H and O–H groups in total. The van der Waals surface area contributed by atoms with Crippen molar-refractivity contribution in [3.8, 4) is 11.7 Å². The van der Waals surface area contributed by atoms with Crippen molar-refractivity contribution in [1.29, 1.82) is 0 Å². The Hall–Kier alpha value is -4.24. The van der Waals surface area contributed by atoms with Crippen LogP contribution in [0.3, 0.4) is 0 Å². The summed E-state index contributed by atoms with van der Waals surface area (Å²) in [4.78, 5) is 53.4. The van der Waals surface area contributed by atoms with Gasteiger partial charge < -0.3 is 24.5 Å². The van der Waals surface area contributed by atoms with Crippen LogP contribution >= 0.6 is 0 Å². The number of esters is 1. The van der Waals surface area contributed by atoms with Crippen LogP contribution in [-0.4, -0.2) is 39.8 Å². The Bertz CT molecular complexity index is 1850. The van der Waals surface area contributed by atoms with E-state index in [1.807, 2.05) is 0 Å². The van der Waals surface area contributed by atoms with E-state index in [1.165, 1.54) is 12.1 Å². The Morgan fingerprint density at radius 2 is 1.69 bits per heavy atom. The molecule has 35 heavy (non-hydrogen) atoms. The molecule has 0 saturated heterocycles. The summed E-state index contributed by atoms with van der Waals surface area (Å²) in [5.41, 5.74) is -1.59. The molecule has 0 amide bonds. The van der Waals surface area contributed by atoms with Crippen molar-refractivity contribution < 1.29 is 34.1 Å². The number of hydrogen-bond donors (Lipinski definition) is 3. The fourth-order valence-corrected chi connectivity index (χ4v) is 6.69. The van der Waals surface area contributed by atoms with Crippen LogP contribution < -0.4 is 10.9 Å². The lowest BCUT2D eigenvalue weighted by Gasteiger charge is -2.43. The number of aliphatic hydroxyl groups is 1. The number of ether oxygens (including phenoxy) is 1. The predicted octanol–water partition coefficient (Wildman–Crippen LogP) is 1.88. The molecule has 2 bridgehead atoms. The van der Waals surface area contributed by atoms with Crippen LogP contribution in [0.5, 0.6) is 11.7 Å². The minimum absolute atomic E-state index is 0.00852. The number of aryl methyl sites for hydroxylation is 2. The third-order valence-electron chi connectivity index (χ3n) is 7.96. The highest BCUT2D eigenvalue weighted by Gasteiger charge is 2.65. The highest BCUT2D eigenvalue weighted by Crippen LogP contribution is 2.60. The zero-order valence-corrected chi connectivity index (χ0v) is 18.4. The molecule has 3 atom stereocenters. The summed E-state index contributed by atoms with van der Waals surface area (Å²) in [5.74, 6) is -3.59. The molecule has 0 saturated carbocycles. The molecule has 0 radical (unpaired) electrons. The summed E-state index contributed by atoms with van der Waals surface area (Å²) in [6, 6.07) is 2.58. The van der Waals surface area contributed by atoms with E-state index in [-0.39, 0.29) is 44.0 Å². The highest BCUT2D eigenvalue weighted by molar-refractivity contribution is 6.19. The van der Waals surface area contributed by atoms with Crippen LogP contribution in [0.15, 0.2) is 32.4 Å². The minimum Gasteiger partial charge on any atom is -0.507 e. The zero-order valence-electron chi connectivity index (χ0n) is 18.4. The molecule has 1 spiro atoms. The smallest absolute Gasteiger partial charge is 0.342 e. The standard InChI is InChI=1S/C26H16O9/c1-7-3-10(27)15-14-9(5-34-24(15)32)21(29)20-17(12(7)14)18-22(30)13-8(2)4-11(28)16-19(13)26(20,23(18)31)6-35-25(16)33/h3-5,18,23,28,31-32H,6H2,1-2H3/t18-,23?,26?/m0/s1. The van der Waals surface area contributed by atoms with Gasteiger partial charge in [-0.25, -0.2) is 4.79 Å². The molecule has 1 aromatic heterocycles. The first-order valence-corrected chi connectivity index (χ1v) is 11.0. The maximum Gasteiger partial charge on any atom is 0.342 e. The lowest BCUT2D eigenvalue weighted by atomic mass is 9.63. The molecule has 3 aliphatic rings. The van der Waals surface area contributed by atoms with Gasteiger partial charge >= 0.3 is 5.97 Å². The maximum atomic E-state index is 14.0. The van der Waals surface area contributed by atoms with Gasteiger partial charge in [-0.2, -0.15) is 0 Å². The van der Waals surface area contributed by atoms with Gasteiger partial charge in [0.1, 0.15) is 29.6 Å². The molecule has 0 fully saturated rings. The van der Waals surface area contributed by atoms with Gasteiger partial charge in [0, 0.05) is 16.5 Å². The largest absolute Gasteiger partial charge is 0.507 e. The first-order chi connectivity index (χ1) is 16.6. The second kappa shape index (κ2) is 5.87. The minimum atomic E-state index is -1.60. The quantitative estimate of drug-likeness (QED) is 0.326. The van der Waals surface area contributed by atoms with E-state index in [2.05, 4.69) is 0 Å². The van der Waals surface area contributed by atoms with Crippen molar-refractivity contribution in [3.05, 3.63) is 77.8 Å². The van der Waals surface area contributed by atoms with E-state index in [9.17, 15) is 34.5 Å². The SMILES string of the molecule is Cc1cc(O)c2c3c1C(=O)[C@@H]1c4c(c(=O)c5coc(O)c6c(=O)cc(C)c4c56)C3(COC2=O)C1O. The number of benzene rings is 3. The lowest BCUT2D eigenvalue weighted by Crippen LogP contribution is -2.53. The predicted molar refractivity (Wildman–Crippen MR) is 121 cm³/mol. The number of phenols is 1. The van der Waals surface area contributed by atoms with Crippen LogP contribution in [0, 0.1) is 13.8 Å². The first kappa shape index (κ1) is 20.2. The fourth-order valence-electron chi connectivity index (χ4n) is 6.69. The Morgan fingerprint density at radius 3 is 2.43 bits per heavy atom. The van der Waals surface area contributed by atoms with E-state index >= 15 is 0 Å². The molecule has 3 aromatic carbocycles. The molecule has 2 unspecified atom stereocenters. The Morgan fingerprint density at radius 1 is 0.943 bits per heavy atom. The van der Waals surface area contributed by atoms with Crippen LogP contribution in [0.2, 0.25) is 0 Å². The van der Waals surface area contributed by atoms with Crippen LogP contribution in [0.1, 0.15) is 54.5 Å². The monoisotopic (exact) mass is 472 g/mol. The van der Waals surface area contributed by atoms with Crippen molar-refractivity contribution in [2.75, 3.05) is 6.61 Å². The summed E-state index contributed by atoms with van der Waals surface area (Å²) in [6.45, 7) is 2.85. The second-order valence-electron chi connectivity index (χ2n) is 9.56. The number of phenolic OH excluding ortho intramolecular Hbond substituents is 1. The van der Waals surface area contributed by atoms with Gasteiger partial charge in [-0.3, -0.25) is 14.4 Å². The molecular weight excluding hydrogens is 456 g/mol. The Balaban J connectivity index is 1.80. The number of carbonyl (C=O) groups excluding carboxylic acids is 2. The van der Waals surface area contributed by atoms with Gasteiger partial charge in [0.15, 0.2) is 16.6 Å². The van der Waals surface area contributed by atoms with Crippen molar-refractivity contribution in [3.63, 3.8) is 0 Å². The van der Waals surface area contributed by atoms with E-state index in [0.717, 1.165) is 6.26 Å². The molecule has 9 nitrogen and oxygen atoms in total. The summed E-state index contributed by atoms with van der Waals surface area (Å²) < 4.78 is 10.5. The van der Waals surface area contributed by atoms with Gasteiger partial charge in [0.2, 0.25) is 0 Å². The zero-order chi connectivity index (χ0) is 24.7. The average Bonchev–Trinajstić information content (AvgIpc) is 2.97. The molecule has 2 aliphatic carbocycles. The number of carbonyl (C=O) groups is 2. The van der Waals surface area contributed by atoms with E-state index < -0.39 is 58.3 Å².